The van der Waals surface area contributed by atoms with E-state index in [1.54, 1.807) is 0 Å². The van der Waals surface area contributed by atoms with Crippen molar-refractivity contribution in [3.8, 4) is 0 Å². The summed E-state index contributed by atoms with van der Waals surface area (Å²) in [5, 5.41) is 17.0. The molecule has 9 heteroatoms. The number of carboxylic acid groups (broad SMARTS) is 2. The predicted octanol–water partition coefficient (Wildman–Crippen LogP) is 10.9. The van der Waals surface area contributed by atoms with E-state index in [0.29, 0.717) is 12.8 Å². The van der Waals surface area contributed by atoms with Crippen LogP contribution >= 0.6 is 0 Å². The molecule has 0 bridgehead atoms. The van der Waals surface area contributed by atoms with Crippen molar-refractivity contribution in [2.75, 3.05) is 0 Å². The van der Waals surface area contributed by atoms with Gasteiger partial charge in [0.1, 0.15) is 0 Å². The predicted molar refractivity (Wildman–Crippen MR) is 193 cm³/mol. The third-order valence-electron chi connectivity index (χ3n) is 7.99. The summed E-state index contributed by atoms with van der Waals surface area (Å²) in [4.78, 5) is 35.0. The number of unbranched alkanes of at least 4 members (excludes halogenated alkanes) is 28. The van der Waals surface area contributed by atoms with Crippen molar-refractivity contribution in [1.29, 1.82) is 0 Å². The first-order valence-corrected chi connectivity index (χ1v) is 19.9. The number of aliphatic carboxylic acids is 2. The van der Waals surface area contributed by atoms with E-state index in [2.05, 4.69) is 13.8 Å². The van der Waals surface area contributed by atoms with Gasteiger partial charge in [0.25, 0.3) is 0 Å². The zero-order valence-corrected chi connectivity index (χ0v) is 33.1. The Morgan fingerprint density at radius 3 is 0.667 bits per heavy atom. The summed E-state index contributed by atoms with van der Waals surface area (Å²) >= 11 is 0. The van der Waals surface area contributed by atoms with Crippen molar-refractivity contribution in [2.24, 2.45) is 0 Å². The second-order valence-corrected chi connectivity index (χ2v) is 13.0. The molecule has 0 aromatic carbocycles. The zero-order chi connectivity index (χ0) is 33.4. The number of hydrogen-bond donors (Lipinski definition) is 4. The van der Waals surface area contributed by atoms with Crippen molar-refractivity contribution in [2.45, 2.75) is 219 Å². The Labute approximate surface area is 313 Å². The molecule has 0 aromatic rings. The first kappa shape index (κ1) is 51.6. The molecular weight excluding hydrogens is 613 g/mol. The van der Waals surface area contributed by atoms with Gasteiger partial charge in [0.2, 0.25) is 0 Å². The Morgan fingerprint density at radius 1 is 0.400 bits per heavy atom. The van der Waals surface area contributed by atoms with E-state index in [0.717, 1.165) is 25.7 Å². The molecule has 268 valence electrons. The smallest absolute Gasteiger partial charge is 1.00 e. The maximum absolute atomic E-state index is 10.3. The van der Waals surface area contributed by atoms with Crippen molar-refractivity contribution < 1.29 is 36.7 Å². The molecule has 0 atom stereocenters. The first-order valence-electron chi connectivity index (χ1n) is 18.6. The van der Waals surface area contributed by atoms with Gasteiger partial charge in [-0.15, -0.1) is 0 Å². The van der Waals surface area contributed by atoms with Gasteiger partial charge in [-0.05, 0) is 12.8 Å². The Bertz CT molecular complexity index is 558. The van der Waals surface area contributed by atoms with Gasteiger partial charge in [-0.3, -0.25) is 14.1 Å². The van der Waals surface area contributed by atoms with Crippen LogP contribution in [-0.2, 0) is 14.1 Å². The normalized spacial score (nSPS) is 10.2. The van der Waals surface area contributed by atoms with E-state index in [1.165, 1.54) is 167 Å². The van der Waals surface area contributed by atoms with E-state index in [4.69, 9.17) is 24.3 Å². The van der Waals surface area contributed by atoms with Gasteiger partial charge in [-0.1, -0.05) is 194 Å². The summed E-state index contributed by atoms with van der Waals surface area (Å²) in [6, 6.07) is 0. The monoisotopic (exact) mass is 688 g/mol. The topological polar surface area (TPSA) is 132 Å². The van der Waals surface area contributed by atoms with Gasteiger partial charge in [0, 0.05) is 12.8 Å². The van der Waals surface area contributed by atoms with Gasteiger partial charge in [-0.2, -0.15) is 0 Å². The van der Waals surface area contributed by atoms with Crippen LogP contribution in [0.4, 0.5) is 0 Å². The fourth-order valence-electron chi connectivity index (χ4n) is 5.30. The minimum atomic E-state index is -3.13. The average molecular weight is 689 g/mol. The third-order valence-corrected chi connectivity index (χ3v) is 7.99. The van der Waals surface area contributed by atoms with E-state index < -0.39 is 21.1 Å². The molecule has 0 aliphatic heterocycles. The van der Waals surface area contributed by atoms with Crippen LogP contribution < -0.4 is 0 Å². The summed E-state index contributed by atoms with van der Waals surface area (Å²) in [5.74, 6) is -1.31. The van der Waals surface area contributed by atoms with Gasteiger partial charge >= 0.3 is 58.8 Å². The van der Waals surface area contributed by atoms with Crippen LogP contribution in [0.5, 0.6) is 0 Å². The standard InChI is InChI=1S/2C18H36O2.Ca.H2O3Si.2H/c2*1-2-3-4-5-6-7-8-9-10-11-12-13-14-15-16-17-18(19)20;;1-4(2)3;;/h2*2-17H2,1H3,(H,19,20);;1-2H;;/q;;+2;;2*-1. The average Bonchev–Trinajstić information content (AvgIpc) is 2.97. The minimum absolute atomic E-state index is 0. The molecule has 0 aromatic heterocycles. The summed E-state index contributed by atoms with van der Waals surface area (Å²) in [6.45, 7) is 4.54. The molecule has 0 aliphatic carbocycles. The van der Waals surface area contributed by atoms with Crippen LogP contribution in [0.1, 0.15) is 222 Å². The van der Waals surface area contributed by atoms with Crippen LogP contribution in [0.2, 0.25) is 0 Å². The van der Waals surface area contributed by atoms with Crippen molar-refractivity contribution >= 4 is 58.8 Å². The van der Waals surface area contributed by atoms with Crippen LogP contribution in [0.25, 0.3) is 0 Å². The van der Waals surface area contributed by atoms with Crippen LogP contribution in [-0.4, -0.2) is 78.7 Å². The Morgan fingerprint density at radius 2 is 0.533 bits per heavy atom. The van der Waals surface area contributed by atoms with Gasteiger partial charge in [0.05, 0.1) is 0 Å². The Kier molecular flexibility index (Phi) is 55.3. The number of rotatable bonds is 32. The molecule has 0 amide bonds. The van der Waals surface area contributed by atoms with E-state index >= 15 is 0 Å². The third kappa shape index (κ3) is 67.0. The second-order valence-electron chi connectivity index (χ2n) is 12.5. The Hall–Kier alpha value is -0.183. The van der Waals surface area contributed by atoms with Crippen molar-refractivity contribution in [1.82, 2.24) is 0 Å². The minimum Gasteiger partial charge on any atom is -1.00 e. The number of carboxylic acids is 2. The summed E-state index contributed by atoms with van der Waals surface area (Å²) in [6.07, 6.45) is 40.4. The molecule has 4 N–H and O–H groups in total. The molecule has 7 nitrogen and oxygen atoms in total. The fraction of sp³-hybridized carbons (Fsp3) is 0.944. The van der Waals surface area contributed by atoms with Crippen LogP contribution in [0.3, 0.4) is 0 Å². The summed E-state index contributed by atoms with van der Waals surface area (Å²) in [5.41, 5.74) is 0. The van der Waals surface area contributed by atoms with Crippen molar-refractivity contribution in [3.05, 3.63) is 0 Å². The number of carbonyl (C=O) groups is 2. The first-order chi connectivity index (χ1) is 21.3. The molecule has 0 rings (SSSR count). The largest absolute Gasteiger partial charge is 2.00 e. The van der Waals surface area contributed by atoms with Gasteiger partial charge in [-0.25, -0.2) is 0 Å². The molecule has 0 spiro atoms. The van der Waals surface area contributed by atoms with Gasteiger partial charge in [0.15, 0.2) is 0 Å². The number of hydrogen-bond acceptors (Lipinski definition) is 3. The molecule has 0 heterocycles. The zero-order valence-electron chi connectivity index (χ0n) is 31.8. The molecule has 0 unspecified atom stereocenters. The summed E-state index contributed by atoms with van der Waals surface area (Å²) in [7, 11) is -3.13. The summed E-state index contributed by atoms with van der Waals surface area (Å²) < 4.78 is 8.74. The van der Waals surface area contributed by atoms with Gasteiger partial charge < -0.3 is 22.7 Å². The second kappa shape index (κ2) is 48.2. The SMILES string of the molecule is CCCCCCCCCCCCCCCCCC(=O)O.CCCCCCCCCCCCCCCCCC(=O)O.O=[Si](O)O.[Ca+2].[H-].[H-]. The molecule has 45 heavy (non-hydrogen) atoms. The molecule has 0 saturated heterocycles. The fourth-order valence-corrected chi connectivity index (χ4v) is 5.30. The van der Waals surface area contributed by atoms with E-state index in [9.17, 15) is 9.59 Å². The molecule has 0 radical (unpaired) electrons. The Balaban J connectivity index is -0.000000151. The molecular formula is C36H76CaO7Si. The van der Waals surface area contributed by atoms with E-state index in [1.807, 2.05) is 0 Å². The van der Waals surface area contributed by atoms with E-state index in [-0.39, 0.29) is 40.6 Å². The van der Waals surface area contributed by atoms with Crippen LogP contribution in [0, 0.1) is 0 Å². The maximum Gasteiger partial charge on any atom is 2.00 e. The van der Waals surface area contributed by atoms with Crippen LogP contribution in [0.15, 0.2) is 0 Å². The quantitative estimate of drug-likeness (QED) is 0.0408. The molecule has 0 aliphatic rings. The van der Waals surface area contributed by atoms with Crippen molar-refractivity contribution in [3.63, 3.8) is 0 Å². The molecule has 0 saturated carbocycles. The molecule has 0 fully saturated rings. The maximum atomic E-state index is 10.3.